The van der Waals surface area contributed by atoms with Crippen LogP contribution in [0.3, 0.4) is 0 Å². The molecular formula is C79H80Br3ClN12O7S3. The summed E-state index contributed by atoms with van der Waals surface area (Å²) in [6.07, 6.45) is 3.38. The molecule has 26 heteroatoms. The van der Waals surface area contributed by atoms with E-state index in [1.165, 1.54) is 0 Å². The summed E-state index contributed by atoms with van der Waals surface area (Å²) in [5, 5.41) is 20.5. The number of benzene rings is 6. The van der Waals surface area contributed by atoms with Crippen LogP contribution in [0.4, 0.5) is 17.1 Å². The third kappa shape index (κ3) is 21.0. The Labute approximate surface area is 654 Å². The van der Waals surface area contributed by atoms with E-state index in [-0.39, 0.29) is 41.2 Å². The topological polar surface area (TPSA) is 270 Å². The first-order valence-corrected chi connectivity index (χ1v) is 39.0. The standard InChI is InChI=1S/C31H32BrN5O2S.C17H11BrN2OS.C14H23N3O2.C10H8ClNO2.C7H6BrNS/c1-5-37(6-2)13-12-33-30(39)28-18(3)26(34-19(28)4)16-24-23-15-20(10-11-25(23)35-29(24)38)27-17-40-31(36-27)21-8-7-9-22(32)14-21;18-13-3-1-2-11(7-13)17-20-15(9-22-17)10-4-5-14-12(6-10)8-16(21)19-14;1-5-17(6-2)8-7-15-14(19)13-10(3)12(9-18)16-11(13)4;11-5-9(13)6-1-2-8-7(3-6)4-10(14)12-8;8-6-3-1-2-5(4-6)7(9)10/h7-11,14-17,34H,5-6,12-13H2,1-4H3,(H,33,39)(H,35,38);1-7,9H,8H2,(H,19,21);9,16H,5-8H2,1-4H3,(H,15,19);1-3H,4-5H2,(H,12,14);1-4H,(H2,9,10)/b24-16-;;;;. The first kappa shape index (κ1) is 80.2. The van der Waals surface area contributed by atoms with Crippen LogP contribution in [-0.2, 0) is 27.2 Å². The molecule has 13 rings (SSSR count). The fourth-order valence-corrected chi connectivity index (χ4v) is 15.0. The normalized spacial score (nSPS) is 12.6. The number of Topliss-reactive ketones (excluding diaryl/α,β-unsaturated/α-hetero) is 1. The number of anilines is 3. The summed E-state index contributed by atoms with van der Waals surface area (Å²) in [5.41, 5.74) is 24.0. The molecule has 0 unspecified atom stereocenters. The van der Waals surface area contributed by atoms with Crippen molar-refractivity contribution in [2.45, 2.75) is 68.2 Å². The number of nitrogens with two attached hydrogens (primary N) is 1. The van der Waals surface area contributed by atoms with Gasteiger partial charge in [0, 0.05) is 123 Å². The quantitative estimate of drug-likeness (QED) is 0.0109. The van der Waals surface area contributed by atoms with Crippen LogP contribution in [0.25, 0.3) is 55.3 Å². The first-order chi connectivity index (χ1) is 50.4. The number of aryl methyl sites for hydroxylation is 2. The van der Waals surface area contributed by atoms with E-state index in [0.29, 0.717) is 64.4 Å². The molecule has 3 aliphatic heterocycles. The van der Waals surface area contributed by atoms with Gasteiger partial charge in [0.2, 0.25) is 11.8 Å². The number of halogens is 4. The Kier molecular flexibility index (Phi) is 28.9. The molecule has 0 spiro atoms. The van der Waals surface area contributed by atoms with Crippen molar-refractivity contribution in [1.29, 1.82) is 0 Å². The number of hydrogen-bond donors (Lipinski definition) is 8. The number of thiazole rings is 2. The second-order valence-electron chi connectivity index (χ2n) is 24.5. The molecule has 0 saturated heterocycles. The number of hydrogen-bond acceptors (Lipinski definition) is 14. The van der Waals surface area contributed by atoms with Crippen molar-refractivity contribution < 1.29 is 33.6 Å². The molecule has 3 aliphatic rings. The van der Waals surface area contributed by atoms with E-state index in [1.54, 1.807) is 54.7 Å². The van der Waals surface area contributed by atoms with Gasteiger partial charge in [-0.1, -0.05) is 136 Å². The maximum absolute atomic E-state index is 13.0. The number of likely N-dealkylation sites (N-methyl/N-ethyl adjacent to an activating group) is 2. The van der Waals surface area contributed by atoms with Crippen LogP contribution in [0.1, 0.15) is 120 Å². The van der Waals surface area contributed by atoms with Crippen LogP contribution in [-0.4, -0.2) is 135 Å². The summed E-state index contributed by atoms with van der Waals surface area (Å²) >= 11 is 23.8. The fraction of sp³-hybridized carbons (Fsp3) is 0.241. The van der Waals surface area contributed by atoms with Crippen molar-refractivity contribution in [2.24, 2.45) is 5.73 Å². The lowest BCUT2D eigenvalue weighted by Crippen LogP contribution is -2.35. The highest BCUT2D eigenvalue weighted by molar-refractivity contribution is 9.11. The number of alkyl halides is 1. The first-order valence-electron chi connectivity index (χ1n) is 33.9. The van der Waals surface area contributed by atoms with Gasteiger partial charge in [0.25, 0.3) is 17.7 Å². The number of rotatable bonds is 21. The molecule has 0 saturated carbocycles. The van der Waals surface area contributed by atoms with Crippen molar-refractivity contribution in [3.63, 3.8) is 0 Å². The minimum atomic E-state index is -0.169. The van der Waals surface area contributed by atoms with Crippen molar-refractivity contribution in [3.05, 3.63) is 224 Å². The molecule has 0 bridgehead atoms. The highest BCUT2D eigenvalue weighted by atomic mass is 79.9. The number of aromatic nitrogens is 4. The van der Waals surface area contributed by atoms with Crippen LogP contribution in [0.15, 0.2) is 152 Å². The van der Waals surface area contributed by atoms with Gasteiger partial charge < -0.3 is 52.1 Å². The lowest BCUT2D eigenvalue weighted by atomic mass is 10.0. The largest absolute Gasteiger partial charge is 0.389 e. The maximum atomic E-state index is 13.0. The van der Waals surface area contributed by atoms with Gasteiger partial charge in [0.05, 0.1) is 52.5 Å². The highest BCUT2D eigenvalue weighted by Crippen LogP contribution is 2.39. The van der Waals surface area contributed by atoms with Gasteiger partial charge in [-0.2, -0.15) is 0 Å². The van der Waals surface area contributed by atoms with Crippen LogP contribution >= 0.6 is 94.3 Å². The second kappa shape index (κ2) is 37.9. The number of carbonyl (C=O) groups excluding carboxylic acids is 7. The van der Waals surface area contributed by atoms with Crippen LogP contribution in [0.5, 0.6) is 0 Å². The van der Waals surface area contributed by atoms with E-state index in [1.807, 2.05) is 116 Å². The fourth-order valence-electron chi connectivity index (χ4n) is 11.9. The Balaban J connectivity index is 0.000000166. The molecule has 9 N–H and O–H groups in total. The lowest BCUT2D eigenvalue weighted by molar-refractivity contribution is -0.115. The number of ketones is 1. The SMILES string of the molecule is CCN(CC)CCNC(=O)c1c(C)[nH]c(/C=C2\C(=O)Nc3ccc(-c4csc(-c5cccc(Br)c5)n4)cc32)c1C.CCN(CC)CCNC(=O)c1c(C)[nH]c(C=O)c1C.NC(=S)c1cccc(Br)c1.O=C1Cc2cc(-c3csc(-c4cccc(Br)c4)n3)ccc2N1.O=C1Cc2cc(C(=O)CCl)ccc2N1. The zero-order valence-electron chi connectivity index (χ0n) is 59.2. The number of nitrogens with zero attached hydrogens (tertiary/aromatic N) is 4. The van der Waals surface area contributed by atoms with Gasteiger partial charge in [-0.15, -0.1) is 34.3 Å². The van der Waals surface area contributed by atoms with Crippen LogP contribution in [0.2, 0.25) is 0 Å². The summed E-state index contributed by atoms with van der Waals surface area (Å²) < 4.78 is 3.05. The Morgan fingerprint density at radius 3 is 1.51 bits per heavy atom. The van der Waals surface area contributed by atoms with Gasteiger partial charge in [-0.3, -0.25) is 33.6 Å². The molecule has 4 aromatic heterocycles. The van der Waals surface area contributed by atoms with E-state index in [9.17, 15) is 33.6 Å². The minimum Gasteiger partial charge on any atom is -0.389 e. The molecule has 544 valence electrons. The zero-order chi connectivity index (χ0) is 75.6. The number of H-pyrrole nitrogens is 2. The van der Waals surface area contributed by atoms with Crippen molar-refractivity contribution in [3.8, 4) is 43.7 Å². The molecule has 105 heavy (non-hydrogen) atoms. The zero-order valence-corrected chi connectivity index (χ0v) is 67.1. The second-order valence-corrected chi connectivity index (χ2v) is 29.7. The number of thiocarbonyl (C=S) groups is 1. The predicted octanol–water partition coefficient (Wildman–Crippen LogP) is 16.7. The molecule has 10 aromatic rings. The maximum Gasteiger partial charge on any atom is 0.256 e. The number of aldehydes is 1. The van der Waals surface area contributed by atoms with Crippen molar-refractivity contribution >= 4 is 170 Å². The van der Waals surface area contributed by atoms with E-state index in [2.05, 4.69) is 145 Å². The van der Waals surface area contributed by atoms with Crippen LogP contribution < -0.4 is 32.3 Å². The predicted molar refractivity (Wildman–Crippen MR) is 440 cm³/mol. The molecule has 0 aliphatic carbocycles. The molecule has 0 radical (unpaired) electrons. The Morgan fingerprint density at radius 1 is 0.581 bits per heavy atom. The third-order valence-corrected chi connectivity index (χ3v) is 21.3. The smallest absolute Gasteiger partial charge is 0.256 e. The van der Waals surface area contributed by atoms with E-state index < -0.39 is 0 Å². The Bertz CT molecular complexity index is 4920. The van der Waals surface area contributed by atoms with Crippen molar-refractivity contribution in [1.82, 2.24) is 40.4 Å². The molecule has 0 atom stereocenters. The summed E-state index contributed by atoms with van der Waals surface area (Å²) in [7, 11) is 0. The average Bonchev–Trinajstić information content (AvgIpc) is 1.65. The Hall–Kier alpha value is -8.89. The van der Waals surface area contributed by atoms with E-state index >= 15 is 0 Å². The number of amides is 5. The number of nitrogens with one attached hydrogen (secondary N) is 7. The number of aromatic amines is 2. The molecule has 5 amide bonds. The number of fused-ring (bicyclic) bond motifs is 3. The Morgan fingerprint density at radius 2 is 1.05 bits per heavy atom. The summed E-state index contributed by atoms with van der Waals surface area (Å²) in [6, 6.07) is 40.9. The third-order valence-electron chi connectivity index (χ3n) is 17.6. The summed E-state index contributed by atoms with van der Waals surface area (Å²) in [6.45, 7) is 22.5. The van der Waals surface area contributed by atoms with E-state index in [4.69, 9.17) is 39.5 Å². The molecule has 6 aromatic carbocycles. The van der Waals surface area contributed by atoms with Gasteiger partial charge >= 0.3 is 0 Å². The van der Waals surface area contributed by atoms with Crippen molar-refractivity contribution in [2.75, 3.05) is 74.2 Å². The monoisotopic (exact) mass is 1680 g/mol. The molecule has 7 heterocycles. The van der Waals surface area contributed by atoms with E-state index in [0.717, 1.165) is 165 Å². The van der Waals surface area contributed by atoms with Gasteiger partial charge in [0.1, 0.15) is 15.0 Å². The van der Waals surface area contributed by atoms with Gasteiger partial charge in [-0.05, 0) is 161 Å². The molecule has 19 nitrogen and oxygen atoms in total. The highest BCUT2D eigenvalue weighted by Gasteiger charge is 2.28. The van der Waals surface area contributed by atoms with Gasteiger partial charge in [0.15, 0.2) is 12.1 Å². The minimum absolute atomic E-state index is 0.0276. The van der Waals surface area contributed by atoms with Crippen LogP contribution in [0, 0.1) is 27.7 Å². The number of carbonyl (C=O) groups is 7. The molecule has 0 fully saturated rings. The lowest BCUT2D eigenvalue weighted by Gasteiger charge is -2.18. The summed E-state index contributed by atoms with van der Waals surface area (Å²) in [4.78, 5) is 103. The average molecular weight is 1680 g/mol. The van der Waals surface area contributed by atoms with Gasteiger partial charge in [-0.25, -0.2) is 9.97 Å². The molecular weight excluding hydrogens is 1600 g/mol. The summed E-state index contributed by atoms with van der Waals surface area (Å²) in [5.74, 6) is -0.514.